The smallest absolute Gasteiger partial charge is 0.0262 e. The SMILES string of the molecule is C=C(C=CC)CC(C)C. The van der Waals surface area contributed by atoms with E-state index in [9.17, 15) is 0 Å². The molecule has 0 aromatic heterocycles. The van der Waals surface area contributed by atoms with E-state index in [0.29, 0.717) is 0 Å². The van der Waals surface area contributed by atoms with E-state index in [1.807, 2.05) is 13.0 Å². The quantitative estimate of drug-likeness (QED) is 0.507. The van der Waals surface area contributed by atoms with Crippen LogP contribution in [-0.4, -0.2) is 0 Å². The van der Waals surface area contributed by atoms with Crippen LogP contribution < -0.4 is 0 Å². The highest BCUT2D eigenvalue weighted by Gasteiger charge is 1.92. The Morgan fingerprint density at radius 1 is 1.56 bits per heavy atom. The monoisotopic (exact) mass is 124 g/mol. The highest BCUT2D eigenvalue weighted by atomic mass is 14.0. The minimum absolute atomic E-state index is 0.730. The fraction of sp³-hybridized carbons (Fsp3) is 0.556. The molecule has 0 aliphatic rings. The van der Waals surface area contributed by atoms with Gasteiger partial charge in [0.15, 0.2) is 0 Å². The van der Waals surface area contributed by atoms with Gasteiger partial charge in [-0.1, -0.05) is 38.2 Å². The van der Waals surface area contributed by atoms with E-state index in [0.717, 1.165) is 12.3 Å². The summed E-state index contributed by atoms with van der Waals surface area (Å²) >= 11 is 0. The first-order valence-electron chi connectivity index (χ1n) is 3.47. The molecule has 0 atom stereocenters. The van der Waals surface area contributed by atoms with E-state index in [-0.39, 0.29) is 0 Å². The van der Waals surface area contributed by atoms with Crippen molar-refractivity contribution in [3.63, 3.8) is 0 Å². The molecule has 0 N–H and O–H groups in total. The molecule has 0 aliphatic carbocycles. The Morgan fingerprint density at radius 2 is 2.11 bits per heavy atom. The summed E-state index contributed by atoms with van der Waals surface area (Å²) in [5.41, 5.74) is 1.23. The average Bonchev–Trinajstić information content (AvgIpc) is 1.63. The first-order valence-corrected chi connectivity index (χ1v) is 3.47. The van der Waals surface area contributed by atoms with E-state index in [2.05, 4.69) is 26.5 Å². The lowest BCUT2D eigenvalue weighted by Gasteiger charge is -2.01. The molecule has 0 bridgehead atoms. The molecule has 0 heteroatoms. The Kier molecular flexibility index (Phi) is 4.12. The average molecular weight is 124 g/mol. The molecule has 52 valence electrons. The molecule has 0 unspecified atom stereocenters. The third-order valence-electron chi connectivity index (χ3n) is 1.07. The number of rotatable bonds is 3. The maximum absolute atomic E-state index is 3.90. The van der Waals surface area contributed by atoms with Crippen molar-refractivity contribution in [1.82, 2.24) is 0 Å². The summed E-state index contributed by atoms with van der Waals surface area (Å²) in [6, 6.07) is 0. The molecule has 0 radical (unpaired) electrons. The third-order valence-corrected chi connectivity index (χ3v) is 1.07. The molecule has 0 amide bonds. The van der Waals surface area contributed by atoms with Crippen LogP contribution in [-0.2, 0) is 0 Å². The van der Waals surface area contributed by atoms with E-state index < -0.39 is 0 Å². The standard InChI is InChI=1S/C9H16/c1-5-6-9(4)7-8(2)3/h5-6,8H,4,7H2,1-3H3. The van der Waals surface area contributed by atoms with Crippen molar-refractivity contribution in [2.75, 3.05) is 0 Å². The first kappa shape index (κ1) is 8.48. The lowest BCUT2D eigenvalue weighted by atomic mass is 10.0. The Hall–Kier alpha value is -0.520. The topological polar surface area (TPSA) is 0 Å². The van der Waals surface area contributed by atoms with Crippen molar-refractivity contribution in [3.05, 3.63) is 24.3 Å². The zero-order chi connectivity index (χ0) is 7.28. The largest absolute Gasteiger partial charge is 0.0958 e. The summed E-state index contributed by atoms with van der Waals surface area (Å²) in [6.07, 6.45) is 5.22. The second kappa shape index (κ2) is 4.37. The molecule has 0 spiro atoms. The summed E-state index contributed by atoms with van der Waals surface area (Å²) in [7, 11) is 0. The summed E-state index contributed by atoms with van der Waals surface area (Å²) < 4.78 is 0. The fourth-order valence-electron chi connectivity index (χ4n) is 0.828. The first-order chi connectivity index (χ1) is 4.16. The van der Waals surface area contributed by atoms with Crippen LogP contribution in [0.25, 0.3) is 0 Å². The Balaban J connectivity index is 3.51. The molecule has 0 fully saturated rings. The van der Waals surface area contributed by atoms with Crippen LogP contribution >= 0.6 is 0 Å². The summed E-state index contributed by atoms with van der Waals surface area (Å²) in [4.78, 5) is 0. The van der Waals surface area contributed by atoms with Crippen molar-refractivity contribution in [3.8, 4) is 0 Å². The summed E-state index contributed by atoms with van der Waals surface area (Å²) in [6.45, 7) is 10.3. The molecule has 0 saturated carbocycles. The van der Waals surface area contributed by atoms with Crippen LogP contribution in [0.2, 0.25) is 0 Å². The second-order valence-electron chi connectivity index (χ2n) is 2.76. The zero-order valence-electron chi connectivity index (χ0n) is 6.65. The van der Waals surface area contributed by atoms with Crippen molar-refractivity contribution in [1.29, 1.82) is 0 Å². The van der Waals surface area contributed by atoms with Crippen LogP contribution in [0.4, 0.5) is 0 Å². The maximum atomic E-state index is 3.90. The Morgan fingerprint density at radius 3 is 2.44 bits per heavy atom. The van der Waals surface area contributed by atoms with Gasteiger partial charge in [0.25, 0.3) is 0 Å². The van der Waals surface area contributed by atoms with Gasteiger partial charge in [-0.2, -0.15) is 0 Å². The minimum atomic E-state index is 0.730. The molecule has 0 aromatic rings. The van der Waals surface area contributed by atoms with E-state index in [4.69, 9.17) is 0 Å². The normalized spacial score (nSPS) is 11.1. The molecule has 0 rings (SSSR count). The van der Waals surface area contributed by atoms with Crippen LogP contribution in [0.3, 0.4) is 0 Å². The lowest BCUT2D eigenvalue weighted by molar-refractivity contribution is 0.651. The van der Waals surface area contributed by atoms with Crippen molar-refractivity contribution < 1.29 is 0 Å². The van der Waals surface area contributed by atoms with E-state index >= 15 is 0 Å². The van der Waals surface area contributed by atoms with Crippen molar-refractivity contribution in [2.45, 2.75) is 27.2 Å². The molecular formula is C9H16. The van der Waals surface area contributed by atoms with Crippen LogP contribution in [0.15, 0.2) is 24.3 Å². The number of hydrogen-bond acceptors (Lipinski definition) is 0. The number of hydrogen-bond donors (Lipinski definition) is 0. The molecule has 0 heterocycles. The summed E-state index contributed by atoms with van der Waals surface area (Å²) in [5.74, 6) is 0.730. The minimum Gasteiger partial charge on any atom is -0.0958 e. The fourth-order valence-corrected chi connectivity index (χ4v) is 0.828. The molecular weight excluding hydrogens is 108 g/mol. The highest BCUT2D eigenvalue weighted by molar-refractivity contribution is 5.13. The van der Waals surface area contributed by atoms with Gasteiger partial charge in [-0.05, 0) is 19.3 Å². The van der Waals surface area contributed by atoms with E-state index in [1.54, 1.807) is 0 Å². The Labute approximate surface area is 58.3 Å². The van der Waals surface area contributed by atoms with Gasteiger partial charge in [0.1, 0.15) is 0 Å². The van der Waals surface area contributed by atoms with Gasteiger partial charge in [0, 0.05) is 0 Å². The van der Waals surface area contributed by atoms with Crippen LogP contribution in [0.1, 0.15) is 27.2 Å². The predicted molar refractivity (Wildman–Crippen MR) is 43.4 cm³/mol. The summed E-state index contributed by atoms with van der Waals surface area (Å²) in [5, 5.41) is 0. The van der Waals surface area contributed by atoms with Gasteiger partial charge in [-0.3, -0.25) is 0 Å². The molecule has 9 heavy (non-hydrogen) atoms. The lowest BCUT2D eigenvalue weighted by Crippen LogP contribution is -1.86. The second-order valence-corrected chi connectivity index (χ2v) is 2.76. The molecule has 0 aliphatic heterocycles. The molecule has 0 saturated heterocycles. The Bertz CT molecular complexity index is 107. The highest BCUT2D eigenvalue weighted by Crippen LogP contribution is 2.08. The van der Waals surface area contributed by atoms with Crippen molar-refractivity contribution in [2.24, 2.45) is 5.92 Å². The maximum Gasteiger partial charge on any atom is -0.0262 e. The van der Waals surface area contributed by atoms with E-state index in [1.165, 1.54) is 5.57 Å². The van der Waals surface area contributed by atoms with Crippen LogP contribution in [0.5, 0.6) is 0 Å². The van der Waals surface area contributed by atoms with Gasteiger partial charge in [-0.15, -0.1) is 0 Å². The molecule has 0 aromatic carbocycles. The predicted octanol–water partition coefficient (Wildman–Crippen LogP) is 3.16. The van der Waals surface area contributed by atoms with Gasteiger partial charge in [-0.25, -0.2) is 0 Å². The number of allylic oxidation sites excluding steroid dienone is 3. The van der Waals surface area contributed by atoms with Gasteiger partial charge >= 0.3 is 0 Å². The van der Waals surface area contributed by atoms with Crippen molar-refractivity contribution >= 4 is 0 Å². The third kappa shape index (κ3) is 5.35. The van der Waals surface area contributed by atoms with Gasteiger partial charge in [0.2, 0.25) is 0 Å². The molecule has 0 nitrogen and oxygen atoms in total. The van der Waals surface area contributed by atoms with Gasteiger partial charge in [0.05, 0.1) is 0 Å². The zero-order valence-corrected chi connectivity index (χ0v) is 6.65. The van der Waals surface area contributed by atoms with Crippen LogP contribution in [0, 0.1) is 5.92 Å². The van der Waals surface area contributed by atoms with Gasteiger partial charge < -0.3 is 0 Å².